The molecule has 0 aliphatic carbocycles. The molecule has 0 radical (unpaired) electrons. The number of carbonyl (C=O) groups is 1. The van der Waals surface area contributed by atoms with E-state index in [1.54, 1.807) is 42.5 Å². The van der Waals surface area contributed by atoms with Crippen LogP contribution in [0.4, 0.5) is 5.69 Å². The number of hydrogen-bond donors (Lipinski definition) is 1. The summed E-state index contributed by atoms with van der Waals surface area (Å²) in [5.41, 5.74) is 4.06. The van der Waals surface area contributed by atoms with Gasteiger partial charge >= 0.3 is 0 Å². The highest BCUT2D eigenvalue weighted by Crippen LogP contribution is 2.29. The summed E-state index contributed by atoms with van der Waals surface area (Å²) in [6, 6.07) is 20.0. The van der Waals surface area contributed by atoms with E-state index in [-0.39, 0.29) is 12.5 Å². The molecule has 0 aliphatic heterocycles. The molecule has 8 heteroatoms. The lowest BCUT2D eigenvalue weighted by atomic mass is 10.1. The lowest BCUT2D eigenvalue weighted by Gasteiger charge is -2.23. The van der Waals surface area contributed by atoms with Crippen LogP contribution in [-0.4, -0.2) is 33.7 Å². The molecule has 0 fully saturated rings. The average Bonchev–Trinajstić information content (AvgIpc) is 2.76. The summed E-state index contributed by atoms with van der Waals surface area (Å²) in [7, 11) is -3.50. The van der Waals surface area contributed by atoms with Crippen molar-refractivity contribution in [3.05, 3.63) is 93.5 Å². The van der Waals surface area contributed by atoms with E-state index in [0.717, 1.165) is 16.9 Å². The lowest BCUT2D eigenvalue weighted by Crippen LogP contribution is -2.30. The first kappa shape index (κ1) is 24.8. The minimum atomic E-state index is -3.50. The van der Waals surface area contributed by atoms with Crippen LogP contribution in [0.3, 0.4) is 0 Å². The fourth-order valence-electron chi connectivity index (χ4n) is 3.35. The fourth-order valence-corrected chi connectivity index (χ4v) is 4.87. The number of halogens is 1. The highest BCUT2D eigenvalue weighted by Gasteiger charge is 2.20. The van der Waals surface area contributed by atoms with Crippen molar-refractivity contribution in [2.75, 3.05) is 23.7 Å². The van der Waals surface area contributed by atoms with E-state index in [2.05, 4.69) is 27.3 Å². The van der Waals surface area contributed by atoms with Gasteiger partial charge in [-0.05, 0) is 71.2 Å². The Bertz CT molecular complexity index is 1230. The third-order valence-electron chi connectivity index (χ3n) is 5.04. The van der Waals surface area contributed by atoms with Crippen LogP contribution in [0.15, 0.2) is 71.2 Å². The van der Waals surface area contributed by atoms with Gasteiger partial charge in [-0.25, -0.2) is 8.42 Å². The number of rotatable bonds is 9. The van der Waals surface area contributed by atoms with Crippen LogP contribution in [0.2, 0.25) is 0 Å². The first-order valence-electron chi connectivity index (χ1n) is 10.4. The molecule has 3 aromatic carbocycles. The molecule has 0 saturated carbocycles. The highest BCUT2D eigenvalue weighted by molar-refractivity contribution is 9.10. The van der Waals surface area contributed by atoms with Gasteiger partial charge in [0.2, 0.25) is 10.0 Å². The number of nitrogens with one attached hydrogen (secondary N) is 1. The van der Waals surface area contributed by atoms with Gasteiger partial charge in [0.05, 0.1) is 25.0 Å². The van der Waals surface area contributed by atoms with E-state index in [9.17, 15) is 13.2 Å². The zero-order chi connectivity index (χ0) is 24.0. The second-order valence-electron chi connectivity index (χ2n) is 7.79. The number of anilines is 1. The van der Waals surface area contributed by atoms with Gasteiger partial charge in [-0.2, -0.15) is 0 Å². The number of benzene rings is 3. The molecule has 1 amide bonds. The molecule has 0 heterocycles. The number of amides is 1. The summed E-state index contributed by atoms with van der Waals surface area (Å²) in [6.45, 7) is 4.92. The maximum Gasteiger partial charge on any atom is 0.251 e. The summed E-state index contributed by atoms with van der Waals surface area (Å²) in [5.74, 6) is 0.594. The first-order chi connectivity index (χ1) is 15.6. The van der Waals surface area contributed by atoms with E-state index in [1.807, 2.05) is 32.0 Å². The predicted molar refractivity (Wildman–Crippen MR) is 135 cm³/mol. The van der Waals surface area contributed by atoms with Gasteiger partial charge in [-0.3, -0.25) is 9.10 Å². The van der Waals surface area contributed by atoms with Crippen LogP contribution in [0.25, 0.3) is 0 Å². The minimum absolute atomic E-state index is 0.160. The molecule has 33 heavy (non-hydrogen) atoms. The first-order valence-corrected chi connectivity index (χ1v) is 13.1. The summed E-state index contributed by atoms with van der Waals surface area (Å²) < 4.78 is 32.5. The lowest BCUT2D eigenvalue weighted by molar-refractivity contribution is 0.0947. The van der Waals surface area contributed by atoms with E-state index >= 15 is 0 Å². The standard InChI is InChI=1S/C25H27BrN2O4S/c1-18-8-13-24(19(2)16-18)32-15-14-27-25(29)21-11-9-20(10-12-21)17-28(33(3,30)31)23-7-5-4-6-22(23)26/h4-13,16H,14-15,17H2,1-3H3,(H,27,29). The Labute approximate surface area is 203 Å². The van der Waals surface area contributed by atoms with E-state index in [1.165, 1.54) is 16.1 Å². The number of hydrogen-bond acceptors (Lipinski definition) is 4. The van der Waals surface area contributed by atoms with Crippen molar-refractivity contribution in [1.29, 1.82) is 0 Å². The Morgan fingerprint density at radius 2 is 1.73 bits per heavy atom. The van der Waals surface area contributed by atoms with Gasteiger partial charge in [0, 0.05) is 10.0 Å². The van der Waals surface area contributed by atoms with Crippen LogP contribution in [0, 0.1) is 13.8 Å². The molecule has 0 atom stereocenters. The van der Waals surface area contributed by atoms with Crippen molar-refractivity contribution in [3.63, 3.8) is 0 Å². The maximum atomic E-state index is 12.4. The van der Waals surface area contributed by atoms with Gasteiger partial charge in [0.15, 0.2) is 0 Å². The third kappa shape index (κ3) is 6.82. The van der Waals surface area contributed by atoms with Crippen molar-refractivity contribution in [1.82, 2.24) is 5.32 Å². The minimum Gasteiger partial charge on any atom is -0.491 e. The summed E-state index contributed by atoms with van der Waals surface area (Å²) in [4.78, 5) is 12.4. The second kappa shape index (κ2) is 10.9. The number of carbonyl (C=O) groups excluding carboxylic acids is 1. The van der Waals surface area contributed by atoms with Gasteiger partial charge in [0.1, 0.15) is 12.4 Å². The maximum absolute atomic E-state index is 12.4. The van der Waals surface area contributed by atoms with Gasteiger partial charge in [-0.1, -0.05) is 42.0 Å². The zero-order valence-electron chi connectivity index (χ0n) is 18.8. The molecule has 0 aromatic heterocycles. The molecule has 0 spiro atoms. The predicted octanol–water partition coefficient (Wildman–Crippen LogP) is 4.84. The molecule has 6 nitrogen and oxygen atoms in total. The van der Waals surface area contributed by atoms with Crippen LogP contribution in [0.5, 0.6) is 5.75 Å². The Kier molecular flexibility index (Phi) is 8.15. The topological polar surface area (TPSA) is 75.7 Å². The van der Waals surface area contributed by atoms with Crippen molar-refractivity contribution in [2.24, 2.45) is 0 Å². The van der Waals surface area contributed by atoms with Gasteiger partial charge in [0.25, 0.3) is 5.91 Å². The smallest absolute Gasteiger partial charge is 0.251 e. The number of nitrogens with zero attached hydrogens (tertiary/aromatic N) is 1. The van der Waals surface area contributed by atoms with Crippen molar-refractivity contribution < 1.29 is 17.9 Å². The Morgan fingerprint density at radius 3 is 2.36 bits per heavy atom. The highest BCUT2D eigenvalue weighted by atomic mass is 79.9. The normalized spacial score (nSPS) is 11.2. The summed E-state index contributed by atoms with van der Waals surface area (Å²) >= 11 is 3.42. The Morgan fingerprint density at radius 1 is 1.03 bits per heavy atom. The molecule has 3 rings (SSSR count). The summed E-state index contributed by atoms with van der Waals surface area (Å²) in [6.07, 6.45) is 1.18. The average molecular weight is 531 g/mol. The second-order valence-corrected chi connectivity index (χ2v) is 10.6. The third-order valence-corrected chi connectivity index (χ3v) is 6.84. The molecule has 0 bridgehead atoms. The monoisotopic (exact) mass is 530 g/mol. The molecular formula is C25H27BrN2O4S. The fraction of sp³-hybridized carbons (Fsp3) is 0.240. The molecular weight excluding hydrogens is 504 g/mol. The van der Waals surface area contributed by atoms with Gasteiger partial charge in [-0.15, -0.1) is 0 Å². The van der Waals surface area contributed by atoms with Crippen LogP contribution < -0.4 is 14.4 Å². The SMILES string of the molecule is Cc1ccc(OCCNC(=O)c2ccc(CN(c3ccccc3Br)S(C)(=O)=O)cc2)c(C)c1. The Hall–Kier alpha value is -2.84. The largest absolute Gasteiger partial charge is 0.491 e. The van der Waals surface area contributed by atoms with Crippen molar-refractivity contribution in [2.45, 2.75) is 20.4 Å². The summed E-state index contributed by atoms with van der Waals surface area (Å²) in [5, 5.41) is 2.84. The van der Waals surface area contributed by atoms with E-state index < -0.39 is 10.0 Å². The van der Waals surface area contributed by atoms with Gasteiger partial charge < -0.3 is 10.1 Å². The molecule has 1 N–H and O–H groups in total. The number of para-hydroxylation sites is 1. The quantitative estimate of drug-likeness (QED) is 0.401. The number of ether oxygens (including phenoxy) is 1. The number of aryl methyl sites for hydroxylation is 2. The molecule has 0 aliphatic rings. The molecule has 0 unspecified atom stereocenters. The van der Waals surface area contributed by atoms with Crippen molar-refractivity contribution >= 4 is 37.5 Å². The van der Waals surface area contributed by atoms with Crippen molar-refractivity contribution in [3.8, 4) is 5.75 Å². The molecule has 0 saturated heterocycles. The van der Waals surface area contributed by atoms with Crippen LogP contribution in [0.1, 0.15) is 27.0 Å². The zero-order valence-corrected chi connectivity index (χ0v) is 21.2. The van der Waals surface area contributed by atoms with Crippen LogP contribution in [-0.2, 0) is 16.6 Å². The Balaban J connectivity index is 1.58. The van der Waals surface area contributed by atoms with E-state index in [4.69, 9.17) is 4.74 Å². The molecule has 174 valence electrons. The van der Waals surface area contributed by atoms with Crippen LogP contribution >= 0.6 is 15.9 Å². The molecule has 3 aromatic rings. The van der Waals surface area contributed by atoms with E-state index in [0.29, 0.717) is 28.9 Å². The number of sulfonamides is 1.